The first-order chi connectivity index (χ1) is 8.53. The highest BCUT2D eigenvalue weighted by Crippen LogP contribution is 2.06. The van der Waals surface area contributed by atoms with E-state index >= 15 is 0 Å². The summed E-state index contributed by atoms with van der Waals surface area (Å²) in [5, 5.41) is 13.6. The molecule has 1 atom stereocenters. The summed E-state index contributed by atoms with van der Waals surface area (Å²) in [5.41, 5.74) is -0.663. The maximum absolute atomic E-state index is 11.4. The van der Waals surface area contributed by atoms with E-state index < -0.39 is 29.6 Å². The van der Waals surface area contributed by atoms with Gasteiger partial charge in [-0.1, -0.05) is 13.8 Å². The number of hydrogen-bond donors (Lipinski definition) is 3. The topological polar surface area (TPSA) is 105 Å². The first kappa shape index (κ1) is 17.2. The lowest BCUT2D eigenvalue weighted by Gasteiger charge is -2.21. The zero-order valence-electron chi connectivity index (χ0n) is 11.9. The normalized spacial score (nSPS) is 12.7. The summed E-state index contributed by atoms with van der Waals surface area (Å²) in [6.45, 7) is 8.15. The van der Waals surface area contributed by atoms with Crippen LogP contribution in [0, 0.1) is 5.92 Å². The molecule has 0 aromatic rings. The van der Waals surface area contributed by atoms with Crippen LogP contribution in [0.5, 0.6) is 0 Å². The summed E-state index contributed by atoms with van der Waals surface area (Å²) in [6, 6.07) is -1.18. The molecule has 0 saturated heterocycles. The number of alkyl carbamates (subject to hydrolysis) is 1. The fraction of sp³-hybridized carbons (Fsp3) is 0.750. The quantitative estimate of drug-likeness (QED) is 0.685. The molecule has 7 heteroatoms. The molecule has 3 N–H and O–H groups in total. The lowest BCUT2D eigenvalue weighted by molar-refractivity contribution is -0.142. The molecule has 0 fully saturated rings. The van der Waals surface area contributed by atoms with Crippen molar-refractivity contribution in [3.63, 3.8) is 0 Å². The van der Waals surface area contributed by atoms with Gasteiger partial charge in [0.25, 0.3) is 0 Å². The Labute approximate surface area is 112 Å². The van der Waals surface area contributed by atoms with Crippen LogP contribution in [0.15, 0.2) is 0 Å². The van der Waals surface area contributed by atoms with Gasteiger partial charge in [0.05, 0.1) is 6.54 Å². The van der Waals surface area contributed by atoms with Crippen molar-refractivity contribution >= 4 is 18.0 Å². The Kier molecular flexibility index (Phi) is 6.31. The molecule has 0 unspecified atom stereocenters. The van der Waals surface area contributed by atoms with E-state index in [1.165, 1.54) is 0 Å². The van der Waals surface area contributed by atoms with Crippen molar-refractivity contribution in [3.05, 3.63) is 0 Å². The van der Waals surface area contributed by atoms with Crippen LogP contribution in [0.4, 0.5) is 4.79 Å². The molecule has 0 saturated carbocycles. The highest BCUT2D eigenvalue weighted by atomic mass is 16.6. The Morgan fingerprint density at radius 2 is 1.74 bits per heavy atom. The average molecular weight is 274 g/mol. The van der Waals surface area contributed by atoms with E-state index in [0.29, 0.717) is 0 Å². The number of aliphatic carboxylic acids is 1. The van der Waals surface area contributed by atoms with Crippen LogP contribution in [0.1, 0.15) is 34.6 Å². The second-order valence-corrected chi connectivity index (χ2v) is 5.44. The van der Waals surface area contributed by atoms with E-state index in [9.17, 15) is 14.4 Å². The van der Waals surface area contributed by atoms with Gasteiger partial charge in [-0.05, 0) is 20.8 Å². The van der Waals surface area contributed by atoms with Crippen molar-refractivity contribution < 1.29 is 24.2 Å². The van der Waals surface area contributed by atoms with Crippen LogP contribution in [0.3, 0.4) is 0 Å². The van der Waals surface area contributed by atoms with Crippen molar-refractivity contribution in [2.45, 2.75) is 46.3 Å². The second kappa shape index (κ2) is 6.96. The molecule has 0 radical (unpaired) electrons. The fourth-order valence-corrected chi connectivity index (χ4v) is 1.04. The minimum Gasteiger partial charge on any atom is -0.480 e. The first-order valence-corrected chi connectivity index (χ1v) is 6.03. The standard InChI is InChI=1S/C12H22N2O5/c1-7(2)9(15)14-8(10(16)17)6-13-11(18)19-12(3,4)5/h7-8H,6H2,1-5H3,(H,13,18)(H,14,15)(H,16,17)/t8-/m0/s1. The fourth-order valence-electron chi connectivity index (χ4n) is 1.04. The Bertz CT molecular complexity index is 347. The van der Waals surface area contributed by atoms with Gasteiger partial charge in [-0.2, -0.15) is 0 Å². The molecule has 0 aliphatic heterocycles. The first-order valence-electron chi connectivity index (χ1n) is 6.03. The predicted molar refractivity (Wildman–Crippen MR) is 68.6 cm³/mol. The highest BCUT2D eigenvalue weighted by Gasteiger charge is 2.23. The van der Waals surface area contributed by atoms with Gasteiger partial charge in [-0.15, -0.1) is 0 Å². The lowest BCUT2D eigenvalue weighted by Crippen LogP contribution is -2.50. The molecule has 19 heavy (non-hydrogen) atoms. The molecule has 0 aromatic carbocycles. The van der Waals surface area contributed by atoms with Crippen LogP contribution in [-0.4, -0.2) is 41.3 Å². The van der Waals surface area contributed by atoms with E-state index in [4.69, 9.17) is 9.84 Å². The van der Waals surface area contributed by atoms with Crippen molar-refractivity contribution in [1.82, 2.24) is 10.6 Å². The summed E-state index contributed by atoms with van der Waals surface area (Å²) in [4.78, 5) is 33.7. The van der Waals surface area contributed by atoms with Gasteiger partial charge < -0.3 is 20.5 Å². The minimum atomic E-state index is -1.22. The Morgan fingerprint density at radius 1 is 1.21 bits per heavy atom. The maximum atomic E-state index is 11.4. The molecule has 0 aromatic heterocycles. The molecule has 0 heterocycles. The van der Waals surface area contributed by atoms with Crippen LogP contribution in [-0.2, 0) is 14.3 Å². The summed E-state index contributed by atoms with van der Waals surface area (Å²) in [7, 11) is 0. The molecular formula is C12H22N2O5. The van der Waals surface area contributed by atoms with Gasteiger partial charge in [0.15, 0.2) is 0 Å². The number of carbonyl (C=O) groups is 3. The predicted octanol–water partition coefficient (Wildman–Crippen LogP) is 0.737. The second-order valence-electron chi connectivity index (χ2n) is 5.44. The molecule has 0 bridgehead atoms. The summed E-state index contributed by atoms with van der Waals surface area (Å²) in [5.74, 6) is -1.94. The van der Waals surface area contributed by atoms with Crippen LogP contribution in [0.25, 0.3) is 0 Å². The van der Waals surface area contributed by atoms with Crippen molar-refractivity contribution in [2.75, 3.05) is 6.54 Å². The van der Waals surface area contributed by atoms with Crippen LogP contribution in [0.2, 0.25) is 0 Å². The van der Waals surface area contributed by atoms with Crippen LogP contribution < -0.4 is 10.6 Å². The number of ether oxygens (including phenoxy) is 1. The van der Waals surface area contributed by atoms with Gasteiger partial charge in [0, 0.05) is 5.92 Å². The van der Waals surface area contributed by atoms with E-state index in [1.54, 1.807) is 34.6 Å². The number of amides is 2. The number of carboxylic acids is 1. The number of rotatable bonds is 5. The minimum absolute atomic E-state index is 0.233. The monoisotopic (exact) mass is 274 g/mol. The highest BCUT2D eigenvalue weighted by molar-refractivity contribution is 5.85. The van der Waals surface area contributed by atoms with Gasteiger partial charge >= 0.3 is 12.1 Å². The summed E-state index contributed by atoms with van der Waals surface area (Å²) in [6.07, 6.45) is -0.724. The maximum Gasteiger partial charge on any atom is 0.407 e. The molecule has 0 aliphatic carbocycles. The van der Waals surface area contributed by atoms with Gasteiger partial charge in [-0.25, -0.2) is 9.59 Å². The summed E-state index contributed by atoms with van der Waals surface area (Å²) >= 11 is 0. The smallest absolute Gasteiger partial charge is 0.407 e. The summed E-state index contributed by atoms with van der Waals surface area (Å²) < 4.78 is 4.96. The Balaban J connectivity index is 4.34. The average Bonchev–Trinajstić information content (AvgIpc) is 2.20. The van der Waals surface area contributed by atoms with E-state index in [0.717, 1.165) is 0 Å². The number of carbonyl (C=O) groups excluding carboxylic acids is 2. The molecule has 0 aliphatic rings. The van der Waals surface area contributed by atoms with Gasteiger partial charge in [-0.3, -0.25) is 4.79 Å². The third-order valence-electron chi connectivity index (χ3n) is 1.99. The van der Waals surface area contributed by atoms with Crippen molar-refractivity contribution in [2.24, 2.45) is 5.92 Å². The largest absolute Gasteiger partial charge is 0.480 e. The molecule has 7 nitrogen and oxygen atoms in total. The molecular weight excluding hydrogens is 252 g/mol. The van der Waals surface area contributed by atoms with Crippen molar-refractivity contribution in [3.8, 4) is 0 Å². The Hall–Kier alpha value is -1.79. The van der Waals surface area contributed by atoms with Gasteiger partial charge in [0.2, 0.25) is 5.91 Å². The number of hydrogen-bond acceptors (Lipinski definition) is 4. The van der Waals surface area contributed by atoms with E-state index in [2.05, 4.69) is 10.6 Å². The van der Waals surface area contributed by atoms with Crippen LogP contribution >= 0.6 is 0 Å². The molecule has 2 amide bonds. The lowest BCUT2D eigenvalue weighted by atomic mass is 10.2. The molecule has 0 spiro atoms. The van der Waals surface area contributed by atoms with E-state index in [-0.39, 0.29) is 12.5 Å². The zero-order chi connectivity index (χ0) is 15.2. The number of nitrogens with one attached hydrogen (secondary N) is 2. The SMILES string of the molecule is CC(C)C(=O)N[C@@H](CNC(=O)OC(C)(C)C)C(=O)O. The third-order valence-corrected chi connectivity index (χ3v) is 1.99. The molecule has 110 valence electrons. The number of carboxylic acid groups (broad SMARTS) is 1. The Morgan fingerprint density at radius 3 is 2.11 bits per heavy atom. The molecule has 0 rings (SSSR count). The van der Waals surface area contributed by atoms with E-state index in [1.807, 2.05) is 0 Å². The van der Waals surface area contributed by atoms with Crippen molar-refractivity contribution in [1.29, 1.82) is 0 Å². The zero-order valence-corrected chi connectivity index (χ0v) is 11.9. The third kappa shape index (κ3) is 8.01. The van der Waals surface area contributed by atoms with Gasteiger partial charge in [0.1, 0.15) is 11.6 Å².